The maximum atomic E-state index is 13.9. The fourth-order valence-corrected chi connectivity index (χ4v) is 10.5. The van der Waals surface area contributed by atoms with Gasteiger partial charge in [-0.15, -0.1) is 0 Å². The van der Waals surface area contributed by atoms with Gasteiger partial charge in [-0.2, -0.15) is 10.2 Å². The van der Waals surface area contributed by atoms with Crippen LogP contribution in [0.3, 0.4) is 0 Å². The van der Waals surface area contributed by atoms with E-state index in [-0.39, 0.29) is 23.5 Å². The number of carbonyl (C=O) groups is 1. The largest absolute Gasteiger partial charge is 0.339 e. The van der Waals surface area contributed by atoms with Crippen molar-refractivity contribution < 1.29 is 13.2 Å². The number of hydrogen-bond donors (Lipinski definition) is 2. The maximum absolute atomic E-state index is 13.9. The van der Waals surface area contributed by atoms with Crippen LogP contribution in [-0.2, 0) is 23.6 Å². The molecular formula is C35H41N9O3S. The Bertz CT molecular complexity index is 2230. The number of urea groups is 1. The number of amides is 2. The van der Waals surface area contributed by atoms with Gasteiger partial charge in [-0.1, -0.05) is 6.07 Å². The summed E-state index contributed by atoms with van der Waals surface area (Å²) >= 11 is 0. The van der Waals surface area contributed by atoms with Gasteiger partial charge in [-0.3, -0.25) is 14.3 Å². The molecule has 4 aromatic heterocycles. The highest BCUT2D eigenvalue weighted by Gasteiger charge is 2.59. The number of anilines is 1. The van der Waals surface area contributed by atoms with Gasteiger partial charge in [-0.25, -0.2) is 22.5 Å². The second-order valence-corrected chi connectivity index (χ2v) is 17.5. The number of aromatic amines is 1. The minimum atomic E-state index is -3.24. The molecule has 1 aromatic carbocycles. The molecule has 0 unspecified atom stereocenters. The SMILES string of the molecule is CC(C)n1ncc2cc(-c3c(-c4cnn(C)c4)[nH]c4ncc5c(c34)N(C3CCC4(CC3)CN(S(=O)(=O)C3(C)CC3)C4)C(=O)NC5)ccc21. The molecular weight excluding hydrogens is 627 g/mol. The van der Waals surface area contributed by atoms with Crippen LogP contribution in [0.4, 0.5) is 10.5 Å². The third kappa shape index (κ3) is 4.32. The average Bonchev–Trinajstić information content (AvgIpc) is 3.37. The molecule has 3 fully saturated rings. The predicted molar refractivity (Wildman–Crippen MR) is 185 cm³/mol. The molecule has 1 spiro atoms. The van der Waals surface area contributed by atoms with E-state index in [4.69, 9.17) is 4.98 Å². The van der Waals surface area contributed by atoms with Crippen LogP contribution in [0.5, 0.6) is 0 Å². The van der Waals surface area contributed by atoms with E-state index in [1.54, 1.807) is 8.99 Å². The topological polar surface area (TPSA) is 134 Å². The van der Waals surface area contributed by atoms with E-state index in [2.05, 4.69) is 52.5 Å². The van der Waals surface area contributed by atoms with Crippen LogP contribution in [0.1, 0.15) is 70.9 Å². The number of aromatic nitrogens is 6. The summed E-state index contributed by atoms with van der Waals surface area (Å²) in [6, 6.07) is 6.57. The van der Waals surface area contributed by atoms with Crippen LogP contribution < -0.4 is 10.2 Å². The molecule has 0 atom stereocenters. The fraction of sp³-hybridized carbons (Fsp3) is 0.486. The van der Waals surface area contributed by atoms with Crippen molar-refractivity contribution in [3.8, 4) is 22.4 Å². The summed E-state index contributed by atoms with van der Waals surface area (Å²) in [5.74, 6) is 0. The number of pyridine rings is 1. The summed E-state index contributed by atoms with van der Waals surface area (Å²) < 4.78 is 31.3. The molecule has 250 valence electrons. The van der Waals surface area contributed by atoms with E-state index < -0.39 is 14.8 Å². The number of sulfonamides is 1. The standard InChI is InChI=1S/C35H41N9O3S/c1-21(2)44-27-6-5-22(13-23(27)16-39-44)28-29-31-24(14-36-32(29)40-30(28)25-17-38-41(4)18-25)15-37-33(45)43(31)26-7-9-35(10-8-26)19-42(20-35)48(46,47)34(3)11-12-34/h5-6,13-14,16-18,21,26H,7-12,15,19-20H2,1-4H3,(H,36,40)(H,37,45). The maximum Gasteiger partial charge on any atom is 0.322 e. The normalized spacial score (nSPS) is 20.9. The lowest BCUT2D eigenvalue weighted by Gasteiger charge is -2.54. The van der Waals surface area contributed by atoms with E-state index in [0.717, 1.165) is 94.1 Å². The first-order valence-corrected chi connectivity index (χ1v) is 18.5. The molecule has 12 nitrogen and oxygen atoms in total. The van der Waals surface area contributed by atoms with Gasteiger partial charge in [0.1, 0.15) is 5.65 Å². The Labute approximate surface area is 279 Å². The smallest absolute Gasteiger partial charge is 0.322 e. The zero-order chi connectivity index (χ0) is 33.2. The summed E-state index contributed by atoms with van der Waals surface area (Å²) in [5.41, 5.74) is 7.53. The number of carbonyl (C=O) groups excluding carboxylic acids is 1. The Morgan fingerprint density at radius 1 is 1.00 bits per heavy atom. The molecule has 1 saturated heterocycles. The second-order valence-electron chi connectivity index (χ2n) is 15.1. The zero-order valence-corrected chi connectivity index (χ0v) is 28.6. The first-order valence-electron chi connectivity index (χ1n) is 17.0. The summed E-state index contributed by atoms with van der Waals surface area (Å²) in [6.07, 6.45) is 12.6. The van der Waals surface area contributed by atoms with Crippen molar-refractivity contribution in [2.24, 2.45) is 12.5 Å². The monoisotopic (exact) mass is 667 g/mol. The van der Waals surface area contributed by atoms with Crippen molar-refractivity contribution in [3.63, 3.8) is 0 Å². The number of H-pyrrole nitrogens is 1. The zero-order valence-electron chi connectivity index (χ0n) is 27.8. The molecule has 5 aromatic rings. The molecule has 2 aliphatic carbocycles. The predicted octanol–water partition coefficient (Wildman–Crippen LogP) is 5.72. The van der Waals surface area contributed by atoms with E-state index >= 15 is 0 Å². The molecule has 9 rings (SSSR count). The fourth-order valence-electron chi connectivity index (χ4n) is 8.37. The van der Waals surface area contributed by atoms with Gasteiger partial charge >= 0.3 is 6.03 Å². The summed E-state index contributed by atoms with van der Waals surface area (Å²) in [5, 5.41) is 14.2. The lowest BCUT2D eigenvalue weighted by molar-refractivity contribution is 0.0245. The van der Waals surface area contributed by atoms with Gasteiger partial charge in [0, 0.05) is 73.2 Å². The minimum absolute atomic E-state index is 0.0000401. The number of aryl methyl sites for hydroxylation is 1. The van der Waals surface area contributed by atoms with Gasteiger partial charge in [0.2, 0.25) is 10.0 Å². The highest BCUT2D eigenvalue weighted by Crippen LogP contribution is 2.53. The van der Waals surface area contributed by atoms with Crippen molar-refractivity contribution >= 4 is 43.7 Å². The van der Waals surface area contributed by atoms with Crippen LogP contribution in [-0.4, -0.2) is 72.2 Å². The quantitative estimate of drug-likeness (QED) is 0.238. The Kier molecular flexibility index (Phi) is 6.31. The highest BCUT2D eigenvalue weighted by atomic mass is 32.2. The minimum Gasteiger partial charge on any atom is -0.339 e. The van der Waals surface area contributed by atoms with Crippen LogP contribution in [0.2, 0.25) is 0 Å². The van der Waals surface area contributed by atoms with E-state index in [1.807, 2.05) is 48.3 Å². The van der Waals surface area contributed by atoms with Crippen LogP contribution >= 0.6 is 0 Å². The third-order valence-electron chi connectivity index (χ3n) is 11.4. The molecule has 13 heteroatoms. The van der Waals surface area contributed by atoms with Crippen molar-refractivity contribution in [1.82, 2.24) is 39.2 Å². The van der Waals surface area contributed by atoms with Crippen LogP contribution in [0.15, 0.2) is 43.0 Å². The Hall–Kier alpha value is -4.23. The first-order chi connectivity index (χ1) is 23.0. The Morgan fingerprint density at radius 2 is 1.77 bits per heavy atom. The van der Waals surface area contributed by atoms with Gasteiger partial charge in [0.15, 0.2) is 0 Å². The molecule has 2 saturated carbocycles. The number of nitrogens with one attached hydrogen (secondary N) is 2. The number of hydrogen-bond acceptors (Lipinski definition) is 6. The number of rotatable bonds is 6. The van der Waals surface area contributed by atoms with Crippen molar-refractivity contribution in [3.05, 3.63) is 48.5 Å². The molecule has 0 radical (unpaired) electrons. The van der Waals surface area contributed by atoms with Gasteiger partial charge in [0.25, 0.3) is 0 Å². The van der Waals surface area contributed by atoms with Gasteiger partial charge in [-0.05, 0) is 82.4 Å². The third-order valence-corrected chi connectivity index (χ3v) is 14.0. The van der Waals surface area contributed by atoms with Gasteiger partial charge in [0.05, 0.1) is 39.4 Å². The van der Waals surface area contributed by atoms with Crippen LogP contribution in [0, 0.1) is 5.41 Å². The average molecular weight is 668 g/mol. The molecule has 2 amide bonds. The van der Waals surface area contributed by atoms with E-state index in [0.29, 0.717) is 19.6 Å². The van der Waals surface area contributed by atoms with E-state index in [1.165, 1.54) is 0 Å². The lowest BCUT2D eigenvalue weighted by Crippen LogP contribution is -2.62. The van der Waals surface area contributed by atoms with Crippen molar-refractivity contribution in [1.29, 1.82) is 0 Å². The number of benzene rings is 1. The van der Waals surface area contributed by atoms with Crippen LogP contribution in [0.25, 0.3) is 44.3 Å². The summed E-state index contributed by atoms with van der Waals surface area (Å²) in [7, 11) is -1.34. The Morgan fingerprint density at radius 3 is 2.46 bits per heavy atom. The van der Waals surface area contributed by atoms with Crippen molar-refractivity contribution in [2.45, 2.75) is 82.7 Å². The summed E-state index contributed by atoms with van der Waals surface area (Å²) in [4.78, 5) is 24.4. The molecule has 2 aliphatic heterocycles. The first kappa shape index (κ1) is 29.9. The number of fused-ring (bicyclic) bond motifs is 4. The lowest BCUT2D eigenvalue weighted by atomic mass is 9.68. The molecule has 4 aliphatic rings. The second kappa shape index (κ2) is 10.1. The molecule has 6 heterocycles. The highest BCUT2D eigenvalue weighted by molar-refractivity contribution is 7.90. The van der Waals surface area contributed by atoms with Gasteiger partial charge < -0.3 is 10.3 Å². The van der Waals surface area contributed by atoms with E-state index in [9.17, 15) is 13.2 Å². The molecule has 48 heavy (non-hydrogen) atoms. The van der Waals surface area contributed by atoms with Crippen molar-refractivity contribution in [2.75, 3.05) is 18.0 Å². The molecule has 0 bridgehead atoms. The summed E-state index contributed by atoms with van der Waals surface area (Å²) in [6.45, 7) is 7.73. The molecule has 2 N–H and O–H groups in total. The Balaban J connectivity index is 1.12. The number of nitrogens with zero attached hydrogens (tertiary/aromatic N) is 7.